The van der Waals surface area contributed by atoms with E-state index in [1.165, 1.54) is 54.7 Å². The molecule has 4 bridgehead atoms. The number of likely N-dealkylation sites (N-methyl/N-ethyl adjacent to an activating group) is 1. The fourth-order valence-electron chi connectivity index (χ4n) is 9.55. The van der Waals surface area contributed by atoms with E-state index in [-0.39, 0.29) is 66.0 Å². The Balaban J connectivity index is 1.16. The van der Waals surface area contributed by atoms with Crippen LogP contribution < -0.4 is 20.7 Å². The van der Waals surface area contributed by atoms with Gasteiger partial charge in [0.25, 0.3) is 0 Å². The van der Waals surface area contributed by atoms with Crippen LogP contribution >= 0.6 is 23.4 Å². The third kappa shape index (κ3) is 11.6. The van der Waals surface area contributed by atoms with E-state index in [4.69, 9.17) is 41.0 Å². The second-order valence-electron chi connectivity index (χ2n) is 18.7. The van der Waals surface area contributed by atoms with Crippen LogP contribution in [0.25, 0.3) is 0 Å². The fraction of sp³-hybridized carbons (Fsp3) is 0.638. The average Bonchev–Trinajstić information content (AvgIpc) is 3.91. The van der Waals surface area contributed by atoms with Crippen LogP contribution in [0.15, 0.2) is 35.9 Å². The van der Waals surface area contributed by atoms with Gasteiger partial charge in [-0.15, -0.1) is 11.8 Å². The molecule has 20 heteroatoms. The average molecular weight is 975 g/mol. The Hall–Kier alpha value is -4.69. The van der Waals surface area contributed by atoms with Crippen LogP contribution in [0.3, 0.4) is 0 Å². The number of ether oxygens (including phenoxy) is 5. The Kier molecular flexibility index (Phi) is 16.4. The summed E-state index contributed by atoms with van der Waals surface area (Å²) in [5, 5.41) is 13.9. The minimum absolute atomic E-state index is 0.0246. The van der Waals surface area contributed by atoms with E-state index in [9.17, 15) is 38.7 Å². The topological polar surface area (TPSA) is 237 Å². The number of rotatable bonds is 12. The molecule has 0 radical (unpaired) electrons. The highest BCUT2D eigenvalue weighted by Gasteiger charge is 2.64. The van der Waals surface area contributed by atoms with Gasteiger partial charge in [0.1, 0.15) is 40.7 Å². The fourth-order valence-corrected chi connectivity index (χ4v) is 11.0. The predicted molar refractivity (Wildman–Crippen MR) is 248 cm³/mol. The molecule has 1 aromatic carbocycles. The van der Waals surface area contributed by atoms with Crippen molar-refractivity contribution < 1.29 is 62.4 Å². The lowest BCUT2D eigenvalue weighted by Crippen LogP contribution is -2.63. The number of methoxy groups -OCH3 is 2. The summed E-state index contributed by atoms with van der Waals surface area (Å²) in [6.45, 7) is 7.16. The second-order valence-corrected chi connectivity index (χ2v) is 20.4. The number of amides is 6. The number of esters is 1. The molecule has 4 fully saturated rings. The monoisotopic (exact) mass is 973 g/mol. The summed E-state index contributed by atoms with van der Waals surface area (Å²) in [4.78, 5) is 96.5. The van der Waals surface area contributed by atoms with Gasteiger partial charge in [-0.1, -0.05) is 42.3 Å². The first kappa shape index (κ1) is 51.7. The van der Waals surface area contributed by atoms with Gasteiger partial charge >= 0.3 is 12.1 Å². The number of alkyl carbamates (subject to hydrolysis) is 1. The number of thioether (sulfide) groups is 1. The first-order chi connectivity index (χ1) is 31.6. The van der Waals surface area contributed by atoms with Crippen LogP contribution in [-0.2, 0) is 54.1 Å². The Morgan fingerprint density at radius 3 is 2.46 bits per heavy atom. The number of halogens is 1. The Morgan fingerprint density at radius 2 is 1.81 bits per heavy atom. The van der Waals surface area contributed by atoms with Gasteiger partial charge in [-0.2, -0.15) is 0 Å². The maximum Gasteiger partial charge on any atom is 0.409 e. The molecule has 3 unspecified atom stereocenters. The third-order valence-corrected chi connectivity index (χ3v) is 15.6. The highest BCUT2D eigenvalue weighted by atomic mass is 35.5. The quantitative estimate of drug-likeness (QED) is 0.152. The molecule has 9 atom stereocenters. The van der Waals surface area contributed by atoms with Crippen LogP contribution in [-0.4, -0.2) is 144 Å². The summed E-state index contributed by atoms with van der Waals surface area (Å²) in [6.07, 6.45) is 3.11. The van der Waals surface area contributed by atoms with Gasteiger partial charge in [-0.05, 0) is 76.5 Å². The Labute approximate surface area is 400 Å². The van der Waals surface area contributed by atoms with Crippen molar-refractivity contribution in [1.29, 1.82) is 0 Å². The van der Waals surface area contributed by atoms with Gasteiger partial charge in [0.15, 0.2) is 5.72 Å². The lowest BCUT2D eigenvalue weighted by atomic mass is 9.81. The first-order valence-electron chi connectivity index (χ1n) is 22.7. The highest BCUT2D eigenvalue weighted by Crippen LogP contribution is 2.49. The number of carbonyl (C=O) groups is 7. The number of likely N-dealkylation sites (tertiary alicyclic amines) is 1. The van der Waals surface area contributed by atoms with Gasteiger partial charge in [-0.25, -0.2) is 9.59 Å². The Morgan fingerprint density at radius 1 is 1.10 bits per heavy atom. The number of aliphatic hydroxyl groups is 1. The molecule has 4 heterocycles. The van der Waals surface area contributed by atoms with E-state index in [1.807, 2.05) is 13.0 Å². The van der Waals surface area contributed by atoms with Crippen molar-refractivity contribution in [2.24, 2.45) is 23.5 Å². The molecule has 4 N–H and O–H groups in total. The number of nitrogens with zero attached hydrogens (tertiary/aromatic N) is 3. The zero-order valence-electron chi connectivity index (χ0n) is 39.4. The standard InChI is InChI=1S/C47H64ClN5O13S/c1-25-10-9-11-35(63-8)47(61)23-33(64-45(60)50-47)26(2)41-46(4,66-41)36(22-38(55)52(6)31-19-29(18-25)20-32(62-7)40(31)48)65-44(59)27(3)51(5)37(54)16-17-67-34-21-39(56)53(43(34)58)24-28-12-14-30(15-13-28)42(49)57/h9-11,19-20,26-28,30,33-36,41,61H,12-18,21-24H2,1-8H3,(H2,49,57)(H,50,60)/b11-9+,25-10+/t26-,27+,28?,30?,33?,34?,35-,36+,41?,46+,47+/m1/s1. The van der Waals surface area contributed by atoms with E-state index < -0.39 is 76.8 Å². The molecule has 18 nitrogen and oxygen atoms in total. The van der Waals surface area contributed by atoms with Crippen LogP contribution in [0.4, 0.5) is 10.5 Å². The van der Waals surface area contributed by atoms with Crippen molar-refractivity contribution in [3.63, 3.8) is 0 Å². The summed E-state index contributed by atoms with van der Waals surface area (Å²) in [7, 11) is 5.89. The molecule has 1 aromatic rings. The number of nitrogens with two attached hydrogens (primary N) is 1. The molecule has 0 spiro atoms. The predicted octanol–water partition coefficient (Wildman–Crippen LogP) is 4.06. The van der Waals surface area contributed by atoms with Crippen LogP contribution in [0.1, 0.15) is 84.6 Å². The number of anilines is 1. The lowest BCUT2D eigenvalue weighted by molar-refractivity contribution is -0.162. The van der Waals surface area contributed by atoms with Crippen molar-refractivity contribution >= 4 is 70.6 Å². The maximum atomic E-state index is 14.3. The Bertz CT molecular complexity index is 2170. The van der Waals surface area contributed by atoms with Crippen LogP contribution in [0.5, 0.6) is 5.75 Å². The van der Waals surface area contributed by atoms with Gasteiger partial charge < -0.3 is 44.3 Å². The van der Waals surface area contributed by atoms with E-state index in [1.54, 1.807) is 45.2 Å². The molecule has 6 amide bonds. The van der Waals surface area contributed by atoms with E-state index >= 15 is 0 Å². The molecule has 1 aliphatic carbocycles. The van der Waals surface area contributed by atoms with E-state index in [0.29, 0.717) is 50.1 Å². The number of hydrogen-bond donors (Lipinski definition) is 3. The molecule has 67 heavy (non-hydrogen) atoms. The number of carbonyl (C=O) groups excluding carboxylic acids is 7. The number of imide groups is 1. The smallest absolute Gasteiger partial charge is 0.409 e. The third-order valence-electron chi connectivity index (χ3n) is 14.1. The number of benzene rings is 1. The summed E-state index contributed by atoms with van der Waals surface area (Å²) in [6, 6.07) is 2.42. The highest BCUT2D eigenvalue weighted by molar-refractivity contribution is 8.00. The van der Waals surface area contributed by atoms with E-state index in [0.717, 1.165) is 11.1 Å². The molecule has 368 valence electrons. The van der Waals surface area contributed by atoms with Crippen LogP contribution in [0, 0.1) is 17.8 Å². The molecule has 4 aliphatic heterocycles. The van der Waals surface area contributed by atoms with Crippen molar-refractivity contribution in [2.45, 2.75) is 133 Å². The number of epoxide rings is 1. The van der Waals surface area contributed by atoms with Gasteiger partial charge in [0, 0.05) is 64.6 Å². The molecular formula is C47H64ClN5O13S. The first-order valence-corrected chi connectivity index (χ1v) is 24.1. The molecule has 5 aliphatic rings. The molecular weight excluding hydrogens is 910 g/mol. The molecule has 6 rings (SSSR count). The second kappa shape index (κ2) is 21.3. The van der Waals surface area contributed by atoms with Gasteiger partial charge in [-0.3, -0.25) is 34.2 Å². The summed E-state index contributed by atoms with van der Waals surface area (Å²) < 4.78 is 29.4. The van der Waals surface area contributed by atoms with Crippen molar-refractivity contribution in [3.8, 4) is 5.75 Å². The SMILES string of the molecule is COc1cc2cc(c1Cl)N(C)C(=O)C[C@H](OC(=O)[C@H](C)N(C)C(=O)CCSC1CC(=O)N(CC3CCC(C(N)=O)CC3)C1=O)[C@]1(C)OC1[C@H](C)C1C[C@@](O)(NC(=O)O1)[C@H](OC)/C=C/C=C(\C)C2. The number of allylic oxidation sites excluding steroid dienone is 3. The maximum absolute atomic E-state index is 14.3. The minimum Gasteiger partial charge on any atom is -0.495 e. The van der Waals surface area contributed by atoms with Gasteiger partial charge in [0.05, 0.1) is 30.6 Å². The van der Waals surface area contributed by atoms with Gasteiger partial charge in [0.2, 0.25) is 29.5 Å². The lowest BCUT2D eigenvalue weighted by Gasteiger charge is -2.42. The summed E-state index contributed by atoms with van der Waals surface area (Å²) >= 11 is 8.02. The largest absolute Gasteiger partial charge is 0.495 e. The number of primary amides is 1. The minimum atomic E-state index is -1.87. The van der Waals surface area contributed by atoms with Crippen molar-refractivity contribution in [2.75, 3.05) is 45.5 Å². The normalized spacial score (nSPS) is 33.1. The molecule has 1 saturated carbocycles. The molecule has 3 saturated heterocycles. The zero-order chi connectivity index (χ0) is 49.1. The summed E-state index contributed by atoms with van der Waals surface area (Å²) in [5.74, 6) is -2.71. The number of nitrogens with one attached hydrogen (secondary N) is 1. The number of hydrogen-bond acceptors (Lipinski definition) is 14. The number of fused-ring (bicyclic) bond motifs is 5. The van der Waals surface area contributed by atoms with E-state index in [2.05, 4.69) is 5.32 Å². The molecule has 0 aromatic heterocycles. The van der Waals surface area contributed by atoms with Crippen LogP contribution in [0.2, 0.25) is 5.02 Å². The zero-order valence-corrected chi connectivity index (χ0v) is 41.0. The summed E-state index contributed by atoms with van der Waals surface area (Å²) in [5.41, 5.74) is 4.31. The van der Waals surface area contributed by atoms with Crippen molar-refractivity contribution in [3.05, 3.63) is 46.5 Å². The van der Waals surface area contributed by atoms with Crippen molar-refractivity contribution in [1.82, 2.24) is 15.1 Å².